The number of hydrogen-bond donors (Lipinski definition) is 1. The third kappa shape index (κ3) is 4.29. The second-order valence-electron chi connectivity index (χ2n) is 5.38. The number of thiol groups is 1. The zero-order chi connectivity index (χ0) is 11.9. The second-order valence-corrected chi connectivity index (χ2v) is 5.70. The van der Waals surface area contributed by atoms with Crippen LogP contribution >= 0.6 is 12.6 Å². The van der Waals surface area contributed by atoms with Gasteiger partial charge < -0.3 is 4.74 Å². The van der Waals surface area contributed by atoms with Crippen LogP contribution in [0.2, 0.25) is 0 Å². The molecule has 0 N–H and O–H groups in total. The first-order chi connectivity index (χ1) is 7.76. The first-order valence-electron chi connectivity index (χ1n) is 6.95. The summed E-state index contributed by atoms with van der Waals surface area (Å²) in [6, 6.07) is 0. The van der Waals surface area contributed by atoms with Gasteiger partial charge in [0.2, 0.25) is 0 Å². The summed E-state index contributed by atoms with van der Waals surface area (Å²) in [6.07, 6.45) is 9.37. The summed E-state index contributed by atoms with van der Waals surface area (Å²) in [5.41, 5.74) is 0.317. The minimum atomic E-state index is 0.317. The highest BCUT2D eigenvalue weighted by atomic mass is 32.1. The van der Waals surface area contributed by atoms with Gasteiger partial charge in [-0.15, -0.1) is 0 Å². The molecule has 0 aromatic rings. The second kappa shape index (κ2) is 7.60. The smallest absolute Gasteiger partial charge is 0.0530 e. The van der Waals surface area contributed by atoms with Crippen molar-refractivity contribution in [1.29, 1.82) is 0 Å². The average molecular weight is 244 g/mol. The van der Waals surface area contributed by atoms with Gasteiger partial charge in [0.1, 0.15) is 0 Å². The van der Waals surface area contributed by atoms with Crippen LogP contribution in [0.4, 0.5) is 0 Å². The fourth-order valence-electron chi connectivity index (χ4n) is 2.52. The molecule has 0 bridgehead atoms. The molecular weight excluding hydrogens is 216 g/mol. The lowest BCUT2D eigenvalue weighted by Crippen LogP contribution is -2.29. The summed E-state index contributed by atoms with van der Waals surface area (Å²) in [5.74, 6) is 1.78. The molecule has 0 spiro atoms. The summed E-state index contributed by atoms with van der Waals surface area (Å²) < 4.78 is 5.96. The molecule has 0 aromatic carbocycles. The van der Waals surface area contributed by atoms with Crippen LogP contribution in [0.1, 0.15) is 58.8 Å². The Hall–Kier alpha value is 0.310. The Morgan fingerprint density at radius 1 is 1.12 bits per heavy atom. The van der Waals surface area contributed by atoms with E-state index in [2.05, 4.69) is 26.5 Å². The van der Waals surface area contributed by atoms with Crippen molar-refractivity contribution in [2.45, 2.75) is 58.8 Å². The first kappa shape index (κ1) is 14.4. The van der Waals surface area contributed by atoms with E-state index < -0.39 is 0 Å². The summed E-state index contributed by atoms with van der Waals surface area (Å²) in [5, 5.41) is 0. The highest BCUT2D eigenvalue weighted by Gasteiger charge is 2.25. The van der Waals surface area contributed by atoms with E-state index in [0.717, 1.165) is 24.9 Å². The molecule has 1 nitrogen and oxygen atoms in total. The molecule has 0 aliphatic heterocycles. The minimum absolute atomic E-state index is 0.317. The Balaban J connectivity index is 2.21. The Labute approximate surface area is 107 Å². The van der Waals surface area contributed by atoms with Gasteiger partial charge in [-0.25, -0.2) is 0 Å². The quantitative estimate of drug-likeness (QED) is 0.656. The summed E-state index contributed by atoms with van der Waals surface area (Å²) >= 11 is 4.48. The monoisotopic (exact) mass is 244 g/mol. The molecule has 1 rings (SSSR count). The lowest BCUT2D eigenvalue weighted by molar-refractivity contribution is 0.0238. The molecule has 96 valence electrons. The van der Waals surface area contributed by atoms with Crippen LogP contribution in [-0.4, -0.2) is 19.0 Å². The van der Waals surface area contributed by atoms with E-state index in [1.165, 1.54) is 44.9 Å². The van der Waals surface area contributed by atoms with Crippen molar-refractivity contribution >= 4 is 12.6 Å². The Morgan fingerprint density at radius 3 is 2.25 bits per heavy atom. The van der Waals surface area contributed by atoms with Crippen molar-refractivity contribution in [2.75, 3.05) is 19.0 Å². The molecular formula is C14H28OS. The molecule has 0 amide bonds. The van der Waals surface area contributed by atoms with Gasteiger partial charge in [-0.2, -0.15) is 12.6 Å². The average Bonchev–Trinajstić information content (AvgIpc) is 2.37. The van der Waals surface area contributed by atoms with Gasteiger partial charge in [0.15, 0.2) is 0 Å². The first-order valence-corrected chi connectivity index (χ1v) is 7.58. The molecule has 0 heterocycles. The SMILES string of the molecule is CCC(CC)(CS)COCC1CCCCC1. The highest BCUT2D eigenvalue weighted by molar-refractivity contribution is 7.80. The summed E-state index contributed by atoms with van der Waals surface area (Å²) in [7, 11) is 0. The highest BCUT2D eigenvalue weighted by Crippen LogP contribution is 2.29. The Morgan fingerprint density at radius 2 is 1.75 bits per heavy atom. The molecule has 1 aliphatic rings. The predicted molar refractivity (Wildman–Crippen MR) is 74.3 cm³/mol. The fraction of sp³-hybridized carbons (Fsp3) is 1.00. The maximum absolute atomic E-state index is 5.96. The molecule has 0 unspecified atom stereocenters. The van der Waals surface area contributed by atoms with Crippen LogP contribution in [0.5, 0.6) is 0 Å². The molecule has 0 aromatic heterocycles. The van der Waals surface area contributed by atoms with Crippen molar-refractivity contribution in [1.82, 2.24) is 0 Å². The van der Waals surface area contributed by atoms with Gasteiger partial charge in [0.05, 0.1) is 6.61 Å². The van der Waals surface area contributed by atoms with Crippen LogP contribution in [0.25, 0.3) is 0 Å². The van der Waals surface area contributed by atoms with Crippen molar-refractivity contribution in [3.63, 3.8) is 0 Å². The molecule has 2 heteroatoms. The maximum atomic E-state index is 5.96. The van der Waals surface area contributed by atoms with E-state index in [-0.39, 0.29) is 0 Å². The molecule has 16 heavy (non-hydrogen) atoms. The van der Waals surface area contributed by atoms with Gasteiger partial charge >= 0.3 is 0 Å². The maximum Gasteiger partial charge on any atom is 0.0530 e. The van der Waals surface area contributed by atoms with Gasteiger partial charge in [-0.05, 0) is 37.4 Å². The van der Waals surface area contributed by atoms with Crippen molar-refractivity contribution in [2.24, 2.45) is 11.3 Å². The zero-order valence-corrected chi connectivity index (χ0v) is 11.9. The van der Waals surface area contributed by atoms with Crippen molar-refractivity contribution in [3.05, 3.63) is 0 Å². The summed E-state index contributed by atoms with van der Waals surface area (Å²) in [4.78, 5) is 0. The Bertz CT molecular complexity index is 163. The lowest BCUT2D eigenvalue weighted by Gasteiger charge is -2.31. The van der Waals surface area contributed by atoms with Crippen LogP contribution < -0.4 is 0 Å². The van der Waals surface area contributed by atoms with Crippen molar-refractivity contribution < 1.29 is 4.74 Å². The number of rotatable bonds is 7. The standard InChI is InChI=1S/C14H28OS/c1-3-14(4-2,12-16)11-15-10-13-8-6-5-7-9-13/h13,16H,3-12H2,1-2H3. The molecule has 1 fully saturated rings. The van der Waals surface area contributed by atoms with Crippen LogP contribution in [-0.2, 0) is 4.74 Å². The Kier molecular flexibility index (Phi) is 6.83. The predicted octanol–water partition coefficient (Wildman–Crippen LogP) is 4.32. The van der Waals surface area contributed by atoms with Gasteiger partial charge in [-0.3, -0.25) is 0 Å². The van der Waals surface area contributed by atoms with Gasteiger partial charge in [0, 0.05) is 12.0 Å². The number of ether oxygens (including phenoxy) is 1. The zero-order valence-electron chi connectivity index (χ0n) is 11.0. The van der Waals surface area contributed by atoms with E-state index in [0.29, 0.717) is 5.41 Å². The fourth-order valence-corrected chi connectivity index (χ4v) is 3.06. The minimum Gasteiger partial charge on any atom is -0.381 e. The molecule has 1 saturated carbocycles. The van der Waals surface area contributed by atoms with Crippen LogP contribution in [0.3, 0.4) is 0 Å². The van der Waals surface area contributed by atoms with E-state index >= 15 is 0 Å². The van der Waals surface area contributed by atoms with Crippen molar-refractivity contribution in [3.8, 4) is 0 Å². The third-order valence-corrected chi connectivity index (χ3v) is 4.99. The van der Waals surface area contributed by atoms with Crippen LogP contribution in [0.15, 0.2) is 0 Å². The molecule has 0 saturated heterocycles. The van der Waals surface area contributed by atoms with Gasteiger partial charge in [-0.1, -0.05) is 33.1 Å². The normalized spacial score (nSPS) is 18.9. The summed E-state index contributed by atoms with van der Waals surface area (Å²) in [6.45, 7) is 6.39. The van der Waals surface area contributed by atoms with Gasteiger partial charge in [0.25, 0.3) is 0 Å². The largest absolute Gasteiger partial charge is 0.381 e. The van der Waals surface area contributed by atoms with E-state index in [1.54, 1.807) is 0 Å². The lowest BCUT2D eigenvalue weighted by atomic mass is 9.85. The molecule has 0 atom stereocenters. The van der Waals surface area contributed by atoms with E-state index in [9.17, 15) is 0 Å². The van der Waals surface area contributed by atoms with E-state index in [1.807, 2.05) is 0 Å². The molecule has 0 radical (unpaired) electrons. The van der Waals surface area contributed by atoms with E-state index in [4.69, 9.17) is 4.74 Å². The topological polar surface area (TPSA) is 9.23 Å². The van der Waals surface area contributed by atoms with Crippen LogP contribution in [0, 0.1) is 11.3 Å². The molecule has 1 aliphatic carbocycles. The third-order valence-electron chi connectivity index (χ3n) is 4.32. The number of hydrogen-bond acceptors (Lipinski definition) is 2.